The number of nitrogens with one attached hydrogen (secondary N) is 2. The van der Waals surface area contributed by atoms with Crippen LogP contribution < -0.4 is 27.0 Å². The average Bonchev–Trinajstić information content (AvgIpc) is 2.76. The quantitative estimate of drug-likeness (QED) is 0.521. The lowest BCUT2D eigenvalue weighted by Gasteiger charge is -2.36. The normalized spacial score (nSPS) is 25.5. The largest absolute Gasteiger partial charge is 0.372 e. The molecule has 2 unspecified atom stereocenters. The lowest BCUT2D eigenvalue weighted by atomic mass is 9.91. The van der Waals surface area contributed by atoms with Gasteiger partial charge >= 0.3 is 0 Å². The lowest BCUT2D eigenvalue weighted by molar-refractivity contribution is -0.00523. The van der Waals surface area contributed by atoms with E-state index in [0.717, 1.165) is 50.5 Å². The van der Waals surface area contributed by atoms with E-state index in [2.05, 4.69) is 25.5 Å². The van der Waals surface area contributed by atoms with Crippen LogP contribution in [-0.4, -0.2) is 53.3 Å². The van der Waals surface area contributed by atoms with E-state index in [9.17, 15) is 9.18 Å². The molecule has 9 nitrogen and oxygen atoms in total. The Labute approximate surface area is 193 Å². The highest BCUT2D eigenvalue weighted by molar-refractivity contribution is 5.98. The van der Waals surface area contributed by atoms with E-state index in [0.29, 0.717) is 5.69 Å². The molecule has 1 saturated heterocycles. The van der Waals surface area contributed by atoms with Gasteiger partial charge in [0.05, 0.1) is 41.5 Å². The number of hydrogen-bond donors (Lipinski definition) is 4. The number of halogens is 1. The Morgan fingerprint density at radius 3 is 2.58 bits per heavy atom. The van der Waals surface area contributed by atoms with Crippen LogP contribution >= 0.6 is 0 Å². The van der Waals surface area contributed by atoms with Gasteiger partial charge in [0, 0.05) is 25.2 Å². The Balaban J connectivity index is 1.59. The molecule has 2 fully saturated rings. The van der Waals surface area contributed by atoms with Gasteiger partial charge in [-0.05, 0) is 38.8 Å². The van der Waals surface area contributed by atoms with Crippen molar-refractivity contribution in [2.24, 2.45) is 11.5 Å². The number of nitrogens with zero attached hydrogens (tertiary/aromatic N) is 3. The number of primary amides is 1. The van der Waals surface area contributed by atoms with Crippen LogP contribution in [0.5, 0.6) is 0 Å². The van der Waals surface area contributed by atoms with Gasteiger partial charge < -0.3 is 31.7 Å². The maximum Gasteiger partial charge on any atom is 0.252 e. The predicted molar refractivity (Wildman–Crippen MR) is 126 cm³/mol. The highest BCUT2D eigenvalue weighted by Gasteiger charge is 2.25. The number of rotatable bonds is 6. The summed E-state index contributed by atoms with van der Waals surface area (Å²) in [5, 5.41) is 6.22. The van der Waals surface area contributed by atoms with Gasteiger partial charge in [-0.25, -0.2) is 9.37 Å². The van der Waals surface area contributed by atoms with Crippen LogP contribution in [0, 0.1) is 5.82 Å². The van der Waals surface area contributed by atoms with E-state index in [-0.39, 0.29) is 41.5 Å². The van der Waals surface area contributed by atoms with Crippen molar-refractivity contribution < 1.29 is 13.9 Å². The van der Waals surface area contributed by atoms with Gasteiger partial charge in [0.15, 0.2) is 11.6 Å². The molecule has 4 rings (SSSR count). The van der Waals surface area contributed by atoms with E-state index in [1.807, 2.05) is 19.9 Å². The predicted octanol–water partition coefficient (Wildman–Crippen LogP) is 2.75. The molecule has 1 aliphatic carbocycles. The van der Waals surface area contributed by atoms with Crippen molar-refractivity contribution in [3.05, 3.63) is 35.9 Å². The minimum absolute atomic E-state index is 0.0370. The number of carbonyl (C=O) groups excluding carboxylic acids is 1. The monoisotopic (exact) mass is 457 g/mol. The first-order valence-corrected chi connectivity index (χ1v) is 11.4. The maximum atomic E-state index is 14.8. The molecule has 0 aromatic carbocycles. The maximum absolute atomic E-state index is 14.8. The molecule has 0 spiro atoms. The number of hydrogen-bond acceptors (Lipinski definition) is 8. The molecular weight excluding hydrogens is 425 g/mol. The zero-order valence-electron chi connectivity index (χ0n) is 19.1. The van der Waals surface area contributed by atoms with Crippen molar-refractivity contribution in [1.29, 1.82) is 0 Å². The van der Waals surface area contributed by atoms with Gasteiger partial charge in [0.2, 0.25) is 0 Å². The van der Waals surface area contributed by atoms with Crippen LogP contribution in [0.2, 0.25) is 0 Å². The zero-order chi connectivity index (χ0) is 23.5. The summed E-state index contributed by atoms with van der Waals surface area (Å²) in [6.07, 6.45) is 7.40. The molecule has 6 N–H and O–H groups in total. The summed E-state index contributed by atoms with van der Waals surface area (Å²) in [5.74, 6) is -1.21. The second kappa shape index (κ2) is 9.88. The van der Waals surface area contributed by atoms with Crippen molar-refractivity contribution in [1.82, 2.24) is 9.97 Å². The van der Waals surface area contributed by atoms with Gasteiger partial charge in [-0.2, -0.15) is 0 Å². The molecular formula is C23H32FN7O2. The summed E-state index contributed by atoms with van der Waals surface area (Å²) in [4.78, 5) is 22.9. The first-order valence-electron chi connectivity index (χ1n) is 11.4. The summed E-state index contributed by atoms with van der Waals surface area (Å²) >= 11 is 0. The second-order valence-corrected chi connectivity index (χ2v) is 9.00. The highest BCUT2D eigenvalue weighted by atomic mass is 19.1. The molecule has 178 valence electrons. The third-order valence-corrected chi connectivity index (χ3v) is 6.15. The van der Waals surface area contributed by atoms with Crippen molar-refractivity contribution in [3.63, 3.8) is 0 Å². The van der Waals surface area contributed by atoms with Gasteiger partial charge in [-0.1, -0.05) is 12.8 Å². The standard InChI is InChI=1S/C23H32FN7O2/c1-13-11-31(12-14(2)33-13)16-7-15(9-27-10-16)28-22-17(21(26)32)8-18(24)23(30-22)29-20-6-4-3-5-19(20)25/h7-10,13-14,19-20H,3-6,11-12,25H2,1-2H3,(H2,26,32)(H2,28,29,30)/t13-,14+,19?,20?. The minimum atomic E-state index is -0.773. The van der Waals surface area contributed by atoms with Crippen molar-refractivity contribution in [2.45, 2.75) is 63.8 Å². The fraction of sp³-hybridized carbons (Fsp3) is 0.522. The molecule has 33 heavy (non-hydrogen) atoms. The number of nitrogens with two attached hydrogens (primary N) is 2. The van der Waals surface area contributed by atoms with E-state index in [1.54, 1.807) is 12.4 Å². The summed E-state index contributed by atoms with van der Waals surface area (Å²) < 4.78 is 20.6. The molecule has 2 aliphatic rings. The Morgan fingerprint density at radius 1 is 1.15 bits per heavy atom. The Hall–Kier alpha value is -2.98. The molecule has 3 heterocycles. The smallest absolute Gasteiger partial charge is 0.252 e. The Morgan fingerprint density at radius 2 is 1.88 bits per heavy atom. The van der Waals surface area contributed by atoms with Crippen LogP contribution in [0.4, 0.5) is 27.4 Å². The van der Waals surface area contributed by atoms with E-state index < -0.39 is 11.7 Å². The molecule has 2 aromatic rings. The topological polar surface area (TPSA) is 131 Å². The summed E-state index contributed by atoms with van der Waals surface area (Å²) in [5.41, 5.74) is 13.2. The van der Waals surface area contributed by atoms with Gasteiger partial charge in [0.1, 0.15) is 5.82 Å². The Bertz CT molecular complexity index is 995. The molecule has 10 heteroatoms. The number of aromatic nitrogens is 2. The first kappa shape index (κ1) is 23.2. The molecule has 1 amide bonds. The minimum Gasteiger partial charge on any atom is -0.372 e. The van der Waals surface area contributed by atoms with Crippen molar-refractivity contribution in [3.8, 4) is 0 Å². The number of carbonyl (C=O) groups is 1. The zero-order valence-corrected chi connectivity index (χ0v) is 19.1. The summed E-state index contributed by atoms with van der Waals surface area (Å²) in [6.45, 7) is 5.55. The average molecular weight is 458 g/mol. The fourth-order valence-electron chi connectivity index (χ4n) is 4.58. The number of pyridine rings is 2. The van der Waals surface area contributed by atoms with E-state index in [1.165, 1.54) is 0 Å². The molecule has 0 radical (unpaired) electrons. The van der Waals surface area contributed by atoms with Crippen LogP contribution in [0.1, 0.15) is 49.9 Å². The SMILES string of the molecule is C[C@@H]1CN(c2cncc(Nc3nc(NC4CCCCC4N)c(F)cc3C(N)=O)c2)C[C@H](C)O1. The number of ether oxygens (including phenoxy) is 1. The van der Waals surface area contributed by atoms with Crippen LogP contribution in [0.3, 0.4) is 0 Å². The lowest BCUT2D eigenvalue weighted by Crippen LogP contribution is -2.45. The first-order chi connectivity index (χ1) is 15.8. The van der Waals surface area contributed by atoms with Crippen LogP contribution in [-0.2, 0) is 4.74 Å². The second-order valence-electron chi connectivity index (χ2n) is 9.00. The van der Waals surface area contributed by atoms with Gasteiger partial charge in [0.25, 0.3) is 5.91 Å². The van der Waals surface area contributed by atoms with E-state index in [4.69, 9.17) is 16.2 Å². The third kappa shape index (κ3) is 5.51. The van der Waals surface area contributed by atoms with Crippen LogP contribution in [0.25, 0.3) is 0 Å². The molecule has 1 aliphatic heterocycles. The van der Waals surface area contributed by atoms with Crippen LogP contribution in [0.15, 0.2) is 24.5 Å². The number of anilines is 4. The van der Waals surface area contributed by atoms with Crippen molar-refractivity contribution in [2.75, 3.05) is 28.6 Å². The fourth-order valence-corrected chi connectivity index (χ4v) is 4.58. The number of morpholine rings is 1. The van der Waals surface area contributed by atoms with Gasteiger partial charge in [-0.15, -0.1) is 0 Å². The Kier molecular flexibility index (Phi) is 6.94. The van der Waals surface area contributed by atoms with Crippen molar-refractivity contribution >= 4 is 28.9 Å². The van der Waals surface area contributed by atoms with Gasteiger partial charge in [-0.3, -0.25) is 9.78 Å². The number of amides is 1. The molecule has 4 atom stereocenters. The molecule has 1 saturated carbocycles. The molecule has 0 bridgehead atoms. The highest BCUT2D eigenvalue weighted by Crippen LogP contribution is 2.28. The molecule has 2 aromatic heterocycles. The summed E-state index contributed by atoms with van der Waals surface area (Å²) in [6, 6.07) is 2.86. The van der Waals surface area contributed by atoms with E-state index >= 15 is 0 Å². The third-order valence-electron chi connectivity index (χ3n) is 6.15. The summed E-state index contributed by atoms with van der Waals surface area (Å²) in [7, 11) is 0.